The normalized spacial score (nSPS) is 10.3. The van der Waals surface area contributed by atoms with Crippen molar-refractivity contribution in [2.45, 2.75) is 20.8 Å². The van der Waals surface area contributed by atoms with Crippen molar-refractivity contribution in [1.29, 1.82) is 0 Å². The fourth-order valence-electron chi connectivity index (χ4n) is 1.96. The molecule has 4 heteroatoms. The zero-order valence-electron chi connectivity index (χ0n) is 12.4. The largest absolute Gasteiger partial charge is 0.483 e. The smallest absolute Gasteiger partial charge is 0.262 e. The average Bonchev–Trinajstić information content (AvgIpc) is 2.44. The van der Waals surface area contributed by atoms with E-state index >= 15 is 0 Å². The number of rotatable bonds is 4. The summed E-state index contributed by atoms with van der Waals surface area (Å²) in [5.74, 6) is 0.588. The molecule has 0 aliphatic carbocycles. The minimum absolute atomic E-state index is 0.00925. The van der Waals surface area contributed by atoms with Crippen molar-refractivity contribution in [3.05, 3.63) is 56.7 Å². The highest BCUT2D eigenvalue weighted by Crippen LogP contribution is 2.22. The molecular weight excluding hydrogens is 377 g/mol. The van der Waals surface area contributed by atoms with Crippen molar-refractivity contribution in [3.8, 4) is 5.75 Å². The average molecular weight is 395 g/mol. The number of para-hydroxylation sites is 1. The Bertz CT molecular complexity index is 668. The molecule has 0 saturated carbocycles. The predicted octanol–water partition coefficient (Wildman–Crippen LogP) is 4.23. The lowest BCUT2D eigenvalue weighted by Crippen LogP contribution is -2.21. The fraction of sp³-hybridized carbons (Fsp3) is 0.235. The first-order valence-corrected chi connectivity index (χ1v) is 7.80. The van der Waals surface area contributed by atoms with Crippen molar-refractivity contribution in [2.75, 3.05) is 11.9 Å². The maximum absolute atomic E-state index is 12.0. The Balaban J connectivity index is 1.99. The van der Waals surface area contributed by atoms with E-state index in [9.17, 15) is 4.79 Å². The first kappa shape index (κ1) is 15.8. The second-order valence-corrected chi connectivity index (χ2v) is 6.18. The van der Waals surface area contributed by atoms with E-state index in [1.54, 1.807) is 0 Å². The van der Waals surface area contributed by atoms with E-state index in [4.69, 9.17) is 4.74 Å². The number of aryl methyl sites for hydroxylation is 3. The van der Waals surface area contributed by atoms with Crippen LogP contribution in [0.25, 0.3) is 0 Å². The van der Waals surface area contributed by atoms with E-state index in [0.717, 1.165) is 28.1 Å². The van der Waals surface area contributed by atoms with Gasteiger partial charge in [-0.15, -0.1) is 0 Å². The molecule has 0 fully saturated rings. The van der Waals surface area contributed by atoms with Crippen LogP contribution in [0.4, 0.5) is 5.69 Å². The lowest BCUT2D eigenvalue weighted by Gasteiger charge is -2.12. The molecule has 1 N–H and O–H groups in total. The van der Waals surface area contributed by atoms with Gasteiger partial charge >= 0.3 is 0 Å². The van der Waals surface area contributed by atoms with Crippen molar-refractivity contribution in [3.63, 3.8) is 0 Å². The summed E-state index contributed by atoms with van der Waals surface area (Å²) in [5.41, 5.74) is 4.06. The highest BCUT2D eigenvalue weighted by molar-refractivity contribution is 14.1. The lowest BCUT2D eigenvalue weighted by molar-refractivity contribution is -0.118. The maximum Gasteiger partial charge on any atom is 0.262 e. The highest BCUT2D eigenvalue weighted by Gasteiger charge is 2.08. The molecule has 0 aliphatic heterocycles. The van der Waals surface area contributed by atoms with Gasteiger partial charge < -0.3 is 10.1 Å². The van der Waals surface area contributed by atoms with Crippen LogP contribution < -0.4 is 10.1 Å². The third-order valence-electron chi connectivity index (χ3n) is 3.23. The minimum Gasteiger partial charge on any atom is -0.483 e. The van der Waals surface area contributed by atoms with E-state index in [-0.39, 0.29) is 12.5 Å². The SMILES string of the molecule is Cc1cc(NC(=O)COc2ccccc2C)c(C)cc1I. The number of hydrogen-bond acceptors (Lipinski definition) is 2. The van der Waals surface area contributed by atoms with Gasteiger partial charge in [0.2, 0.25) is 0 Å². The molecule has 3 nitrogen and oxygen atoms in total. The van der Waals surface area contributed by atoms with Crippen LogP contribution in [0.1, 0.15) is 16.7 Å². The monoisotopic (exact) mass is 395 g/mol. The predicted molar refractivity (Wildman–Crippen MR) is 93.9 cm³/mol. The quantitative estimate of drug-likeness (QED) is 0.787. The van der Waals surface area contributed by atoms with Crippen LogP contribution in [0.3, 0.4) is 0 Å². The number of amides is 1. The molecule has 0 bridgehead atoms. The highest BCUT2D eigenvalue weighted by atomic mass is 127. The Kier molecular flexibility index (Phi) is 5.22. The van der Waals surface area contributed by atoms with Crippen molar-refractivity contribution >= 4 is 34.2 Å². The molecule has 0 aliphatic rings. The molecule has 0 unspecified atom stereocenters. The van der Waals surface area contributed by atoms with Gasteiger partial charge in [0.15, 0.2) is 6.61 Å². The number of carbonyl (C=O) groups excluding carboxylic acids is 1. The molecule has 0 atom stereocenters. The first-order chi connectivity index (χ1) is 9.97. The Morgan fingerprint density at radius 2 is 1.81 bits per heavy atom. The zero-order chi connectivity index (χ0) is 15.4. The van der Waals surface area contributed by atoms with E-state index in [0.29, 0.717) is 0 Å². The van der Waals surface area contributed by atoms with Gasteiger partial charge in [-0.05, 0) is 78.3 Å². The molecule has 0 heterocycles. The Hall–Kier alpha value is -1.56. The molecule has 0 saturated heterocycles. The summed E-state index contributed by atoms with van der Waals surface area (Å²) in [6, 6.07) is 11.7. The van der Waals surface area contributed by atoms with E-state index in [1.165, 1.54) is 3.57 Å². The summed E-state index contributed by atoms with van der Waals surface area (Å²) in [4.78, 5) is 12.0. The number of ether oxygens (including phenoxy) is 1. The third-order valence-corrected chi connectivity index (χ3v) is 4.39. The Morgan fingerprint density at radius 3 is 2.52 bits per heavy atom. The first-order valence-electron chi connectivity index (χ1n) is 6.72. The van der Waals surface area contributed by atoms with Crippen LogP contribution >= 0.6 is 22.6 Å². The summed E-state index contributed by atoms with van der Waals surface area (Å²) in [6.07, 6.45) is 0. The maximum atomic E-state index is 12.0. The van der Waals surface area contributed by atoms with Gasteiger partial charge in [-0.3, -0.25) is 4.79 Å². The van der Waals surface area contributed by atoms with Crippen molar-refractivity contribution in [2.24, 2.45) is 0 Å². The van der Waals surface area contributed by atoms with Crippen molar-refractivity contribution < 1.29 is 9.53 Å². The van der Waals surface area contributed by atoms with E-state index < -0.39 is 0 Å². The van der Waals surface area contributed by atoms with E-state index in [1.807, 2.05) is 51.1 Å². The summed E-state index contributed by atoms with van der Waals surface area (Å²) in [5, 5.41) is 2.90. The van der Waals surface area contributed by atoms with Crippen molar-refractivity contribution in [1.82, 2.24) is 0 Å². The Labute approximate surface area is 138 Å². The van der Waals surface area contributed by atoms with Crippen LogP contribution in [0.15, 0.2) is 36.4 Å². The van der Waals surface area contributed by atoms with Gasteiger partial charge in [-0.25, -0.2) is 0 Å². The molecule has 2 aromatic rings. The number of halogens is 1. The van der Waals surface area contributed by atoms with Gasteiger partial charge in [-0.2, -0.15) is 0 Å². The molecule has 110 valence electrons. The minimum atomic E-state index is -0.151. The second kappa shape index (κ2) is 6.93. The van der Waals surface area contributed by atoms with E-state index in [2.05, 4.69) is 34.0 Å². The summed E-state index contributed by atoms with van der Waals surface area (Å²) in [7, 11) is 0. The topological polar surface area (TPSA) is 38.3 Å². The summed E-state index contributed by atoms with van der Waals surface area (Å²) >= 11 is 2.29. The second-order valence-electron chi connectivity index (χ2n) is 5.02. The molecule has 2 aromatic carbocycles. The lowest BCUT2D eigenvalue weighted by atomic mass is 10.1. The molecule has 1 amide bonds. The van der Waals surface area contributed by atoms with Gasteiger partial charge in [0.25, 0.3) is 5.91 Å². The Morgan fingerprint density at radius 1 is 1.10 bits per heavy atom. The summed E-state index contributed by atoms with van der Waals surface area (Å²) in [6.45, 7) is 5.98. The fourth-order valence-corrected chi connectivity index (χ4v) is 2.59. The zero-order valence-corrected chi connectivity index (χ0v) is 14.5. The molecular formula is C17H18INO2. The van der Waals surface area contributed by atoms with Crippen LogP contribution in [0.5, 0.6) is 5.75 Å². The van der Waals surface area contributed by atoms with Crippen LogP contribution in [0, 0.1) is 24.3 Å². The molecule has 0 aromatic heterocycles. The molecule has 0 spiro atoms. The van der Waals surface area contributed by atoms with Gasteiger partial charge in [0.05, 0.1) is 0 Å². The van der Waals surface area contributed by atoms with Crippen LogP contribution in [-0.2, 0) is 4.79 Å². The molecule has 2 rings (SSSR count). The van der Waals surface area contributed by atoms with Gasteiger partial charge in [0.1, 0.15) is 5.75 Å². The van der Waals surface area contributed by atoms with Gasteiger partial charge in [0, 0.05) is 9.26 Å². The molecule has 0 radical (unpaired) electrons. The number of benzene rings is 2. The molecule has 21 heavy (non-hydrogen) atoms. The number of carbonyl (C=O) groups is 1. The standard InChI is InChI=1S/C17H18INO2/c1-11-6-4-5-7-16(11)21-10-17(20)19-15-9-12(2)14(18)8-13(15)3/h4-9H,10H2,1-3H3,(H,19,20). The number of anilines is 1. The van der Waals surface area contributed by atoms with Crippen LogP contribution in [-0.4, -0.2) is 12.5 Å². The summed E-state index contributed by atoms with van der Waals surface area (Å²) < 4.78 is 6.74. The third kappa shape index (κ3) is 4.20. The number of nitrogens with one attached hydrogen (secondary N) is 1. The van der Waals surface area contributed by atoms with Gasteiger partial charge in [-0.1, -0.05) is 18.2 Å². The number of hydrogen-bond donors (Lipinski definition) is 1. The van der Waals surface area contributed by atoms with Crippen LogP contribution in [0.2, 0.25) is 0 Å².